The summed E-state index contributed by atoms with van der Waals surface area (Å²) in [7, 11) is 1.20. The zero-order chi connectivity index (χ0) is 17.5. The molecule has 0 spiro atoms. The van der Waals surface area contributed by atoms with Gasteiger partial charge in [-0.25, -0.2) is 9.78 Å². The topological polar surface area (TPSA) is 125 Å². The first-order valence-corrected chi connectivity index (χ1v) is 6.83. The van der Waals surface area contributed by atoms with Crippen LogP contribution in [0.15, 0.2) is 46.6 Å². The molecule has 1 aromatic heterocycles. The number of nitrogens with one attached hydrogen (secondary N) is 2. The fourth-order valence-electron chi connectivity index (χ4n) is 1.68. The molecule has 3 N–H and O–H groups in total. The molecule has 2 aromatic rings. The number of methoxy groups -OCH3 is 1. The average Bonchev–Trinajstić information content (AvgIpc) is 2.55. The van der Waals surface area contributed by atoms with E-state index in [9.17, 15) is 14.7 Å². The Morgan fingerprint density at radius 2 is 1.79 bits per heavy atom. The Kier molecular flexibility index (Phi) is 5.40. The van der Waals surface area contributed by atoms with Crippen molar-refractivity contribution in [2.45, 2.75) is 6.92 Å². The van der Waals surface area contributed by atoms with Crippen molar-refractivity contribution in [3.63, 3.8) is 0 Å². The highest BCUT2D eigenvalue weighted by molar-refractivity contribution is 5.90. The number of hydrogen-bond acceptors (Lipinski definition) is 7. The molecule has 0 radical (unpaired) electrons. The number of amides is 2. The minimum absolute atomic E-state index is 0.0356. The minimum Gasteiger partial charge on any atom is -0.506 e. The predicted octanol–water partition coefficient (Wildman–Crippen LogP) is 3.34. The molecule has 124 valence electrons. The first kappa shape index (κ1) is 16.9. The zero-order valence-electron chi connectivity index (χ0n) is 13.0. The van der Waals surface area contributed by atoms with E-state index < -0.39 is 6.09 Å². The smallest absolute Gasteiger partial charge is 0.412 e. The Hall–Kier alpha value is -3.49. The number of nitrogens with zero attached hydrogens (tertiary/aromatic N) is 3. The van der Waals surface area contributed by atoms with E-state index in [0.29, 0.717) is 0 Å². The van der Waals surface area contributed by atoms with Crippen LogP contribution in [0.2, 0.25) is 0 Å². The molecule has 0 unspecified atom stereocenters. The van der Waals surface area contributed by atoms with Crippen LogP contribution in [0.5, 0.6) is 5.75 Å². The van der Waals surface area contributed by atoms with Gasteiger partial charge >= 0.3 is 6.09 Å². The Balaban J connectivity index is 2.35. The highest BCUT2D eigenvalue weighted by Crippen LogP contribution is 2.30. The van der Waals surface area contributed by atoms with Crippen molar-refractivity contribution in [3.8, 4) is 5.75 Å². The van der Waals surface area contributed by atoms with Gasteiger partial charge in [-0.2, -0.15) is 0 Å². The third kappa shape index (κ3) is 4.50. The fraction of sp³-hybridized carbons (Fsp3) is 0.133. The van der Waals surface area contributed by atoms with Crippen LogP contribution in [0.25, 0.3) is 0 Å². The molecule has 0 fully saturated rings. The van der Waals surface area contributed by atoms with Gasteiger partial charge in [0.25, 0.3) is 0 Å². The summed E-state index contributed by atoms with van der Waals surface area (Å²) in [5, 5.41) is 22.4. The van der Waals surface area contributed by atoms with E-state index in [1.54, 1.807) is 18.2 Å². The number of aromatic nitrogens is 1. The van der Waals surface area contributed by atoms with E-state index in [2.05, 4.69) is 30.6 Å². The maximum atomic E-state index is 11.4. The largest absolute Gasteiger partial charge is 0.506 e. The van der Waals surface area contributed by atoms with Gasteiger partial charge in [0.15, 0.2) is 5.82 Å². The lowest BCUT2D eigenvalue weighted by Crippen LogP contribution is -2.14. The van der Waals surface area contributed by atoms with Crippen LogP contribution in [0.4, 0.5) is 27.8 Å². The number of aromatic hydroxyl groups is 1. The van der Waals surface area contributed by atoms with Crippen molar-refractivity contribution in [3.05, 3.63) is 36.4 Å². The molecule has 0 aliphatic rings. The van der Waals surface area contributed by atoms with Gasteiger partial charge in [0.2, 0.25) is 5.91 Å². The van der Waals surface area contributed by atoms with Gasteiger partial charge in [0.1, 0.15) is 22.9 Å². The van der Waals surface area contributed by atoms with Crippen molar-refractivity contribution >= 4 is 35.0 Å². The fourth-order valence-corrected chi connectivity index (χ4v) is 1.68. The number of rotatable bonds is 4. The Bertz CT molecular complexity index is 791. The van der Waals surface area contributed by atoms with Gasteiger partial charge in [-0.15, -0.1) is 10.2 Å². The second-order valence-corrected chi connectivity index (χ2v) is 4.55. The Morgan fingerprint density at radius 3 is 2.46 bits per heavy atom. The van der Waals surface area contributed by atoms with Crippen molar-refractivity contribution in [1.82, 2.24) is 4.98 Å². The van der Waals surface area contributed by atoms with E-state index in [0.717, 1.165) is 0 Å². The molecule has 1 heterocycles. The summed E-state index contributed by atoms with van der Waals surface area (Å²) in [5.74, 6) is -0.0654. The summed E-state index contributed by atoms with van der Waals surface area (Å²) >= 11 is 0. The third-order valence-corrected chi connectivity index (χ3v) is 2.73. The third-order valence-electron chi connectivity index (χ3n) is 2.73. The van der Waals surface area contributed by atoms with Crippen LogP contribution in [0, 0.1) is 0 Å². The van der Waals surface area contributed by atoms with Crippen LogP contribution < -0.4 is 10.6 Å². The van der Waals surface area contributed by atoms with Gasteiger partial charge < -0.3 is 15.2 Å². The number of carbonyl (C=O) groups excluding carboxylic acids is 2. The Labute approximate surface area is 137 Å². The molecular formula is C15H15N5O4. The molecule has 0 aliphatic carbocycles. The number of carbonyl (C=O) groups is 2. The van der Waals surface area contributed by atoms with Gasteiger partial charge in [0.05, 0.1) is 7.11 Å². The van der Waals surface area contributed by atoms with Crippen LogP contribution in [0.3, 0.4) is 0 Å². The monoisotopic (exact) mass is 329 g/mol. The van der Waals surface area contributed by atoms with Crippen LogP contribution >= 0.6 is 0 Å². The number of benzene rings is 1. The normalized spacial score (nSPS) is 10.4. The van der Waals surface area contributed by atoms with Crippen molar-refractivity contribution in [2.24, 2.45) is 10.2 Å². The second-order valence-electron chi connectivity index (χ2n) is 4.55. The summed E-state index contributed by atoms with van der Waals surface area (Å²) in [6, 6.07) is 9.41. The van der Waals surface area contributed by atoms with Crippen LogP contribution in [0.1, 0.15) is 6.92 Å². The molecule has 0 saturated carbocycles. The Morgan fingerprint density at radius 1 is 1.08 bits per heavy atom. The average molecular weight is 329 g/mol. The molecule has 0 saturated heterocycles. The van der Waals surface area contributed by atoms with Gasteiger partial charge in [-0.3, -0.25) is 10.1 Å². The molecule has 9 nitrogen and oxygen atoms in total. The van der Waals surface area contributed by atoms with Gasteiger partial charge in [-0.1, -0.05) is 12.1 Å². The van der Waals surface area contributed by atoms with E-state index in [4.69, 9.17) is 0 Å². The molecule has 0 aliphatic heterocycles. The zero-order valence-corrected chi connectivity index (χ0v) is 13.0. The summed E-state index contributed by atoms with van der Waals surface area (Å²) in [4.78, 5) is 26.6. The summed E-state index contributed by atoms with van der Waals surface area (Å²) < 4.78 is 4.52. The summed E-state index contributed by atoms with van der Waals surface area (Å²) in [5.41, 5.74) is 0.477. The number of para-hydroxylation sites is 1. The molecule has 9 heteroatoms. The quantitative estimate of drug-likeness (QED) is 0.742. The van der Waals surface area contributed by atoms with Crippen molar-refractivity contribution < 1.29 is 19.4 Å². The van der Waals surface area contributed by atoms with E-state index in [1.807, 2.05) is 0 Å². The lowest BCUT2D eigenvalue weighted by Gasteiger charge is -2.08. The maximum Gasteiger partial charge on any atom is 0.412 e. The van der Waals surface area contributed by atoms with Crippen molar-refractivity contribution in [1.29, 1.82) is 0 Å². The number of phenolic OH excluding ortho intramolecular Hbond substituents is 1. The summed E-state index contributed by atoms with van der Waals surface area (Å²) in [6.45, 7) is 1.33. The first-order valence-electron chi connectivity index (χ1n) is 6.83. The number of ether oxygens (including phenoxy) is 1. The van der Waals surface area contributed by atoms with E-state index >= 15 is 0 Å². The number of azo groups is 1. The van der Waals surface area contributed by atoms with Crippen molar-refractivity contribution in [2.75, 3.05) is 17.7 Å². The highest BCUT2D eigenvalue weighted by atomic mass is 16.5. The SMILES string of the molecule is COC(=O)Nc1nc(NC(C)=O)ccc1N=Nc1ccccc1O. The molecule has 1 aromatic carbocycles. The van der Waals surface area contributed by atoms with Crippen LogP contribution in [-0.4, -0.2) is 29.2 Å². The number of phenols is 1. The highest BCUT2D eigenvalue weighted by Gasteiger charge is 2.11. The van der Waals surface area contributed by atoms with Gasteiger partial charge in [-0.05, 0) is 24.3 Å². The predicted molar refractivity (Wildman–Crippen MR) is 86.9 cm³/mol. The molecular weight excluding hydrogens is 314 g/mol. The number of anilines is 2. The van der Waals surface area contributed by atoms with Gasteiger partial charge in [0, 0.05) is 6.92 Å². The second kappa shape index (κ2) is 7.68. The lowest BCUT2D eigenvalue weighted by atomic mass is 10.3. The molecule has 2 amide bonds. The standard InChI is InChI=1S/C15H15N5O4/c1-9(21)16-13-8-7-11(14(17-13)18-15(23)24-2)20-19-10-5-3-4-6-12(10)22/h3-8,22H,1-2H3,(H2,16,17,18,21,23). The van der Waals surface area contributed by atoms with Crippen LogP contribution in [-0.2, 0) is 9.53 Å². The molecule has 2 rings (SSSR count). The van der Waals surface area contributed by atoms with E-state index in [-0.39, 0.29) is 34.7 Å². The first-order chi connectivity index (χ1) is 11.5. The number of hydrogen-bond donors (Lipinski definition) is 3. The lowest BCUT2D eigenvalue weighted by molar-refractivity contribution is -0.114. The molecule has 0 atom stereocenters. The van der Waals surface area contributed by atoms with E-state index in [1.165, 1.54) is 32.2 Å². The molecule has 0 bridgehead atoms. The molecule has 24 heavy (non-hydrogen) atoms. The maximum absolute atomic E-state index is 11.4. The summed E-state index contributed by atoms with van der Waals surface area (Å²) in [6.07, 6.45) is -0.749. The number of pyridine rings is 1. The minimum atomic E-state index is -0.749.